The summed E-state index contributed by atoms with van der Waals surface area (Å²) < 4.78 is 6.99. The molecule has 5 nitrogen and oxygen atoms in total. The van der Waals surface area contributed by atoms with Gasteiger partial charge in [0.1, 0.15) is 0 Å². The largest absolute Gasteiger partial charge is 0.309 e. The van der Waals surface area contributed by atoms with Gasteiger partial charge in [-0.05, 0) is 77.7 Å². The fourth-order valence-corrected chi connectivity index (χ4v) is 8.82. The van der Waals surface area contributed by atoms with Gasteiger partial charge in [-0.2, -0.15) is 5.26 Å². The second-order valence-corrected chi connectivity index (χ2v) is 13.9. The van der Waals surface area contributed by atoms with E-state index in [1.54, 1.807) is 0 Å². The van der Waals surface area contributed by atoms with Crippen LogP contribution in [-0.2, 0) is 0 Å². The van der Waals surface area contributed by atoms with Gasteiger partial charge in [0, 0.05) is 38.2 Å². The van der Waals surface area contributed by atoms with Crippen LogP contribution >= 0.6 is 0 Å². The van der Waals surface area contributed by atoms with Gasteiger partial charge >= 0.3 is 0 Å². The molecule has 0 radical (unpaired) electrons. The van der Waals surface area contributed by atoms with Crippen LogP contribution in [0, 0.1) is 17.9 Å². The normalized spacial score (nSPS) is 11.6. The maximum Gasteiger partial charge on any atom is 0.188 e. The molecule has 254 valence electrons. The first-order chi connectivity index (χ1) is 27.2. The average Bonchev–Trinajstić information content (AvgIpc) is 3.89. The zero-order valence-electron chi connectivity index (χ0n) is 29.5. The van der Waals surface area contributed by atoms with E-state index in [4.69, 9.17) is 6.57 Å². The van der Waals surface area contributed by atoms with Crippen molar-refractivity contribution >= 4 is 71.1 Å². The molecule has 0 aliphatic heterocycles. The molecule has 0 aliphatic carbocycles. The van der Waals surface area contributed by atoms with Crippen LogP contribution in [-0.4, -0.2) is 13.7 Å². The number of hydrogen-bond acceptors (Lipinski definition) is 1. The molecular formula is C50H29N5. The molecule has 11 rings (SSSR count). The van der Waals surface area contributed by atoms with Gasteiger partial charge in [0.2, 0.25) is 0 Å². The van der Waals surface area contributed by atoms with Crippen LogP contribution in [0.5, 0.6) is 0 Å². The predicted molar refractivity (Wildman–Crippen MR) is 226 cm³/mol. The van der Waals surface area contributed by atoms with Gasteiger partial charge in [0.25, 0.3) is 0 Å². The van der Waals surface area contributed by atoms with Crippen LogP contribution in [0.15, 0.2) is 176 Å². The summed E-state index contributed by atoms with van der Waals surface area (Å²) in [4.78, 5) is 3.75. The van der Waals surface area contributed by atoms with E-state index in [0.29, 0.717) is 11.3 Å². The van der Waals surface area contributed by atoms with Crippen LogP contribution in [0.25, 0.3) is 98.5 Å². The summed E-state index contributed by atoms with van der Waals surface area (Å²) in [5.41, 5.74) is 12.7. The molecule has 3 heterocycles. The van der Waals surface area contributed by atoms with E-state index in [2.05, 4.69) is 176 Å². The van der Waals surface area contributed by atoms with Crippen LogP contribution in [0.3, 0.4) is 0 Å². The molecule has 3 aromatic heterocycles. The first-order valence-corrected chi connectivity index (χ1v) is 18.3. The Labute approximate surface area is 316 Å². The van der Waals surface area contributed by atoms with E-state index in [-0.39, 0.29) is 0 Å². The van der Waals surface area contributed by atoms with Crippen molar-refractivity contribution in [2.24, 2.45) is 0 Å². The van der Waals surface area contributed by atoms with E-state index in [1.165, 1.54) is 16.2 Å². The highest BCUT2D eigenvalue weighted by atomic mass is 15.1. The van der Waals surface area contributed by atoms with Crippen molar-refractivity contribution in [1.82, 2.24) is 13.7 Å². The van der Waals surface area contributed by atoms with Crippen molar-refractivity contribution in [3.8, 4) is 34.3 Å². The van der Waals surface area contributed by atoms with Gasteiger partial charge in [-0.3, -0.25) is 0 Å². The lowest BCUT2D eigenvalue weighted by atomic mass is 9.97. The number of hydrogen-bond donors (Lipinski definition) is 0. The minimum absolute atomic E-state index is 0.624. The molecule has 11 aromatic rings. The highest BCUT2D eigenvalue weighted by molar-refractivity contribution is 6.15. The standard InChI is InChI=1S/C50H29N5/c1-52-34-26-29-46-41(30-34)39-16-5-9-21-45(39)55(46)48-23-11-17-40-38-15-4-6-18-42(38)53(50(40)48)35-27-24-32(25-28-35)49-33(31-51)12-10-22-47(49)54-43-19-7-2-13-36(43)37-14-3-8-20-44(37)54/h2-30H. The van der Waals surface area contributed by atoms with Crippen molar-refractivity contribution < 1.29 is 0 Å². The Hall–Kier alpha value is -7.86. The van der Waals surface area contributed by atoms with Crippen molar-refractivity contribution in [1.29, 1.82) is 5.26 Å². The van der Waals surface area contributed by atoms with Gasteiger partial charge in [-0.15, -0.1) is 0 Å². The quantitative estimate of drug-likeness (QED) is 0.169. The lowest BCUT2D eigenvalue weighted by molar-refractivity contribution is 1.13. The van der Waals surface area contributed by atoms with Crippen molar-refractivity contribution in [3.63, 3.8) is 0 Å². The summed E-state index contributed by atoms with van der Waals surface area (Å²) in [6, 6.07) is 63.7. The zero-order valence-corrected chi connectivity index (χ0v) is 29.5. The van der Waals surface area contributed by atoms with Crippen molar-refractivity contribution in [2.75, 3.05) is 0 Å². The van der Waals surface area contributed by atoms with Crippen LogP contribution in [0.1, 0.15) is 5.56 Å². The molecule has 55 heavy (non-hydrogen) atoms. The Morgan fingerprint density at radius 1 is 0.436 bits per heavy atom. The minimum atomic E-state index is 0.624. The maximum atomic E-state index is 10.5. The fourth-order valence-electron chi connectivity index (χ4n) is 8.82. The second-order valence-electron chi connectivity index (χ2n) is 13.9. The van der Waals surface area contributed by atoms with Crippen LogP contribution in [0.4, 0.5) is 5.69 Å². The number of benzene rings is 8. The highest BCUT2D eigenvalue weighted by Crippen LogP contribution is 2.42. The first kappa shape index (κ1) is 30.7. The lowest BCUT2D eigenvalue weighted by Gasteiger charge is -2.17. The van der Waals surface area contributed by atoms with Gasteiger partial charge in [-0.1, -0.05) is 109 Å². The van der Waals surface area contributed by atoms with Gasteiger partial charge in [-0.25, -0.2) is 4.85 Å². The number of nitriles is 1. The molecule has 0 bridgehead atoms. The predicted octanol–water partition coefficient (Wildman–Crippen LogP) is 13.1. The molecule has 0 saturated carbocycles. The second kappa shape index (κ2) is 11.8. The third-order valence-electron chi connectivity index (χ3n) is 11.1. The van der Waals surface area contributed by atoms with E-state index in [0.717, 1.165) is 77.4 Å². The molecule has 0 spiro atoms. The third kappa shape index (κ3) is 4.39. The lowest BCUT2D eigenvalue weighted by Crippen LogP contribution is -2.01. The number of rotatable bonds is 4. The molecule has 8 aromatic carbocycles. The van der Waals surface area contributed by atoms with Gasteiger partial charge in [0.05, 0.1) is 62.7 Å². The Morgan fingerprint density at radius 3 is 1.55 bits per heavy atom. The average molecular weight is 700 g/mol. The van der Waals surface area contributed by atoms with Crippen LogP contribution in [0.2, 0.25) is 0 Å². The number of aromatic nitrogens is 3. The number of fused-ring (bicyclic) bond motifs is 9. The monoisotopic (exact) mass is 699 g/mol. The summed E-state index contributed by atoms with van der Waals surface area (Å²) in [5.74, 6) is 0. The van der Waals surface area contributed by atoms with Gasteiger partial charge < -0.3 is 13.7 Å². The fraction of sp³-hybridized carbons (Fsp3) is 0. The summed E-state index contributed by atoms with van der Waals surface area (Å²) in [5, 5.41) is 17.3. The molecule has 0 amide bonds. The minimum Gasteiger partial charge on any atom is -0.309 e. The molecule has 0 saturated heterocycles. The topological polar surface area (TPSA) is 42.9 Å². The first-order valence-electron chi connectivity index (χ1n) is 18.3. The molecular weight excluding hydrogens is 671 g/mol. The Bertz CT molecular complexity index is 3400. The van der Waals surface area contributed by atoms with Crippen molar-refractivity contribution in [2.45, 2.75) is 0 Å². The Morgan fingerprint density at radius 2 is 0.927 bits per heavy atom. The Balaban J connectivity index is 1.16. The number of para-hydroxylation sites is 5. The Kier molecular flexibility index (Phi) is 6.61. The molecule has 5 heteroatoms. The maximum absolute atomic E-state index is 10.5. The third-order valence-corrected chi connectivity index (χ3v) is 11.1. The van der Waals surface area contributed by atoms with E-state index < -0.39 is 0 Å². The number of nitrogens with zero attached hydrogens (tertiary/aromatic N) is 5. The van der Waals surface area contributed by atoms with Crippen LogP contribution < -0.4 is 0 Å². The summed E-state index contributed by atoms with van der Waals surface area (Å²) in [7, 11) is 0. The SMILES string of the molecule is [C-]#[N+]c1ccc2c(c1)c1ccccc1n2-c1cccc2c3ccccc3n(-c3ccc(-c4c(C#N)cccc4-n4c5ccccc5c5ccccc54)cc3)c12. The molecule has 0 N–H and O–H groups in total. The summed E-state index contributed by atoms with van der Waals surface area (Å²) in [6.07, 6.45) is 0. The molecule has 0 aliphatic rings. The van der Waals surface area contributed by atoms with E-state index in [1.807, 2.05) is 24.3 Å². The van der Waals surface area contributed by atoms with E-state index in [9.17, 15) is 5.26 Å². The molecule has 0 unspecified atom stereocenters. The zero-order chi connectivity index (χ0) is 36.6. The summed E-state index contributed by atoms with van der Waals surface area (Å²) in [6.45, 7) is 7.69. The van der Waals surface area contributed by atoms with E-state index >= 15 is 0 Å². The smallest absolute Gasteiger partial charge is 0.188 e. The summed E-state index contributed by atoms with van der Waals surface area (Å²) >= 11 is 0. The van der Waals surface area contributed by atoms with Gasteiger partial charge in [0.15, 0.2) is 5.69 Å². The molecule has 0 atom stereocenters. The van der Waals surface area contributed by atoms with Crippen molar-refractivity contribution in [3.05, 3.63) is 193 Å². The molecule has 0 fully saturated rings. The highest BCUT2D eigenvalue weighted by Gasteiger charge is 2.21.